The van der Waals surface area contributed by atoms with Crippen LogP contribution in [0, 0.1) is 0 Å². The van der Waals surface area contributed by atoms with Crippen molar-refractivity contribution in [1.29, 1.82) is 0 Å². The molecule has 2 rings (SSSR count). The predicted molar refractivity (Wildman–Crippen MR) is 69.9 cm³/mol. The molecule has 16 heavy (non-hydrogen) atoms. The van der Waals surface area contributed by atoms with Gasteiger partial charge in [-0.05, 0) is 47.8 Å². The second-order valence-corrected chi connectivity index (χ2v) is 5.01. The minimum Gasteiger partial charge on any atom is -0.492 e. The van der Waals surface area contributed by atoms with E-state index in [-0.39, 0.29) is 0 Å². The number of hydrogen-bond donors (Lipinski definition) is 1. The first-order valence-electron chi connectivity index (χ1n) is 5.97. The maximum absolute atomic E-state index is 5.80. The fourth-order valence-electron chi connectivity index (χ4n) is 2.10. The van der Waals surface area contributed by atoms with Gasteiger partial charge in [0.15, 0.2) is 0 Å². The Kier molecular flexibility index (Phi) is 4.24. The van der Waals surface area contributed by atoms with Gasteiger partial charge in [0.2, 0.25) is 0 Å². The zero-order valence-corrected chi connectivity index (χ0v) is 11.2. The molecule has 0 amide bonds. The number of rotatable bonds is 3. The summed E-state index contributed by atoms with van der Waals surface area (Å²) in [5.74, 6) is 1.02. The molecule has 1 N–H and O–H groups in total. The van der Waals surface area contributed by atoms with Gasteiger partial charge in [0.05, 0.1) is 11.1 Å². The Morgan fingerprint density at radius 1 is 1.50 bits per heavy atom. The molecule has 1 aliphatic heterocycles. The summed E-state index contributed by atoms with van der Waals surface area (Å²) >= 11 is 3.56. The second-order valence-electron chi connectivity index (χ2n) is 4.16. The normalized spacial score (nSPS) is 19.8. The van der Waals surface area contributed by atoms with E-state index in [0.29, 0.717) is 6.04 Å². The molecule has 1 aliphatic rings. The van der Waals surface area contributed by atoms with Gasteiger partial charge in [-0.3, -0.25) is 0 Å². The number of benzene rings is 1. The van der Waals surface area contributed by atoms with E-state index in [4.69, 9.17) is 4.74 Å². The quantitative estimate of drug-likeness (QED) is 0.914. The largest absolute Gasteiger partial charge is 0.492 e. The first kappa shape index (κ1) is 11.9. The lowest BCUT2D eigenvalue weighted by Gasteiger charge is -2.18. The van der Waals surface area contributed by atoms with Crippen LogP contribution < -0.4 is 10.1 Å². The molecule has 0 bridgehead atoms. The lowest BCUT2D eigenvalue weighted by molar-refractivity contribution is 0.313. The summed E-state index contributed by atoms with van der Waals surface area (Å²) in [5.41, 5.74) is 1.29. The van der Waals surface area contributed by atoms with Gasteiger partial charge in [0, 0.05) is 11.6 Å². The molecule has 0 fully saturated rings. The van der Waals surface area contributed by atoms with Gasteiger partial charge < -0.3 is 10.1 Å². The van der Waals surface area contributed by atoms with E-state index in [1.807, 2.05) is 6.07 Å². The lowest BCUT2D eigenvalue weighted by Crippen LogP contribution is -2.21. The average molecular weight is 284 g/mol. The van der Waals surface area contributed by atoms with E-state index in [2.05, 4.69) is 40.3 Å². The van der Waals surface area contributed by atoms with Crippen molar-refractivity contribution < 1.29 is 4.74 Å². The van der Waals surface area contributed by atoms with E-state index in [1.165, 1.54) is 12.0 Å². The van der Waals surface area contributed by atoms with E-state index >= 15 is 0 Å². The number of nitrogens with one attached hydrogen (secondary N) is 1. The maximum Gasteiger partial charge on any atom is 0.138 e. The number of para-hydroxylation sites is 1. The van der Waals surface area contributed by atoms with Crippen LogP contribution in [0.2, 0.25) is 0 Å². The monoisotopic (exact) mass is 283 g/mol. The van der Waals surface area contributed by atoms with Crippen molar-refractivity contribution >= 4 is 15.9 Å². The van der Waals surface area contributed by atoms with Crippen LogP contribution in [0.4, 0.5) is 0 Å². The molecule has 1 aromatic rings. The molecular weight excluding hydrogens is 266 g/mol. The number of ether oxygens (including phenoxy) is 1. The minimum absolute atomic E-state index is 0.440. The van der Waals surface area contributed by atoms with Crippen molar-refractivity contribution in [2.45, 2.75) is 32.2 Å². The number of halogens is 1. The summed E-state index contributed by atoms with van der Waals surface area (Å²) in [6.07, 6.45) is 3.44. The topological polar surface area (TPSA) is 21.3 Å². The molecule has 1 unspecified atom stereocenters. The molecule has 1 atom stereocenters. The summed E-state index contributed by atoms with van der Waals surface area (Å²) in [5, 5.41) is 3.59. The molecule has 0 spiro atoms. The van der Waals surface area contributed by atoms with E-state index in [1.54, 1.807) is 0 Å². The summed E-state index contributed by atoms with van der Waals surface area (Å²) in [6.45, 7) is 4.08. The van der Waals surface area contributed by atoms with Crippen molar-refractivity contribution in [2.24, 2.45) is 0 Å². The van der Waals surface area contributed by atoms with E-state index < -0.39 is 0 Å². The first-order chi connectivity index (χ1) is 7.83. The van der Waals surface area contributed by atoms with Gasteiger partial charge in [-0.25, -0.2) is 0 Å². The molecule has 0 aliphatic carbocycles. The molecule has 2 nitrogen and oxygen atoms in total. The zero-order valence-electron chi connectivity index (χ0n) is 9.63. The van der Waals surface area contributed by atoms with Gasteiger partial charge in [0.25, 0.3) is 0 Å². The van der Waals surface area contributed by atoms with Crippen LogP contribution in [0.1, 0.15) is 37.8 Å². The van der Waals surface area contributed by atoms with E-state index in [9.17, 15) is 0 Å². The number of fused-ring (bicyclic) bond motifs is 1. The van der Waals surface area contributed by atoms with Crippen LogP contribution in [0.5, 0.6) is 5.75 Å². The molecule has 3 heteroatoms. The van der Waals surface area contributed by atoms with Gasteiger partial charge in [-0.1, -0.05) is 19.1 Å². The number of hydrogen-bond acceptors (Lipinski definition) is 2. The molecule has 0 aromatic heterocycles. The predicted octanol–water partition coefficient (Wildman–Crippen LogP) is 3.66. The molecule has 88 valence electrons. The van der Waals surface area contributed by atoms with Crippen LogP contribution in [0.25, 0.3) is 0 Å². The van der Waals surface area contributed by atoms with Crippen molar-refractivity contribution in [2.75, 3.05) is 13.2 Å². The Morgan fingerprint density at radius 3 is 3.19 bits per heavy atom. The van der Waals surface area contributed by atoms with Crippen LogP contribution in [-0.2, 0) is 0 Å². The van der Waals surface area contributed by atoms with Crippen LogP contribution in [0.3, 0.4) is 0 Å². The highest BCUT2D eigenvalue weighted by Crippen LogP contribution is 2.36. The van der Waals surface area contributed by atoms with Crippen LogP contribution in [-0.4, -0.2) is 13.2 Å². The minimum atomic E-state index is 0.440. The maximum atomic E-state index is 5.80. The standard InChI is InChI=1S/C13H18BrNO/c1-2-8-15-12-7-4-9-16-13-10(12)5-3-6-11(13)14/h3,5-6,12,15H,2,4,7-9H2,1H3. The highest BCUT2D eigenvalue weighted by atomic mass is 79.9. The summed E-state index contributed by atoms with van der Waals surface area (Å²) < 4.78 is 6.87. The smallest absolute Gasteiger partial charge is 0.138 e. The van der Waals surface area contributed by atoms with Crippen LogP contribution >= 0.6 is 15.9 Å². The van der Waals surface area contributed by atoms with Gasteiger partial charge in [0.1, 0.15) is 5.75 Å². The van der Waals surface area contributed by atoms with Crippen molar-refractivity contribution in [3.63, 3.8) is 0 Å². The fraction of sp³-hybridized carbons (Fsp3) is 0.538. The van der Waals surface area contributed by atoms with Gasteiger partial charge in [-0.2, -0.15) is 0 Å². The van der Waals surface area contributed by atoms with E-state index in [0.717, 1.165) is 36.2 Å². The molecule has 0 saturated carbocycles. The molecular formula is C13H18BrNO. The highest BCUT2D eigenvalue weighted by molar-refractivity contribution is 9.10. The third-order valence-corrected chi connectivity index (χ3v) is 3.52. The lowest BCUT2D eigenvalue weighted by atomic mass is 10.0. The van der Waals surface area contributed by atoms with Crippen molar-refractivity contribution in [3.8, 4) is 5.75 Å². The Morgan fingerprint density at radius 2 is 2.38 bits per heavy atom. The van der Waals surface area contributed by atoms with Gasteiger partial charge >= 0.3 is 0 Å². The van der Waals surface area contributed by atoms with Crippen LogP contribution in [0.15, 0.2) is 22.7 Å². The highest BCUT2D eigenvalue weighted by Gasteiger charge is 2.20. The Labute approximate surface area is 106 Å². The Balaban J connectivity index is 2.26. The Hall–Kier alpha value is -0.540. The van der Waals surface area contributed by atoms with Crippen molar-refractivity contribution in [3.05, 3.63) is 28.2 Å². The third kappa shape index (κ3) is 2.58. The first-order valence-corrected chi connectivity index (χ1v) is 6.77. The second kappa shape index (κ2) is 5.69. The third-order valence-electron chi connectivity index (χ3n) is 2.90. The molecule has 0 radical (unpaired) electrons. The summed E-state index contributed by atoms with van der Waals surface area (Å²) in [6, 6.07) is 6.73. The average Bonchev–Trinajstić information content (AvgIpc) is 2.50. The SMILES string of the molecule is CCCNC1CCCOc2c(Br)cccc21. The Bertz CT molecular complexity index is 354. The van der Waals surface area contributed by atoms with Crippen molar-refractivity contribution in [1.82, 2.24) is 5.32 Å². The molecule has 1 aromatic carbocycles. The molecule has 0 saturated heterocycles. The fourth-order valence-corrected chi connectivity index (χ4v) is 2.60. The molecule has 1 heterocycles. The zero-order chi connectivity index (χ0) is 11.4. The van der Waals surface area contributed by atoms with Gasteiger partial charge in [-0.15, -0.1) is 0 Å². The summed E-state index contributed by atoms with van der Waals surface area (Å²) in [4.78, 5) is 0. The summed E-state index contributed by atoms with van der Waals surface area (Å²) in [7, 11) is 0.